The van der Waals surface area contributed by atoms with Gasteiger partial charge in [0.1, 0.15) is 19.0 Å². The van der Waals surface area contributed by atoms with Gasteiger partial charge >= 0.3 is 0 Å². The molecule has 2 heterocycles. The van der Waals surface area contributed by atoms with Gasteiger partial charge in [-0.15, -0.1) is 10.2 Å². The number of hydrogen-bond donors (Lipinski definition) is 0. The third kappa shape index (κ3) is 2.51. The van der Waals surface area contributed by atoms with E-state index in [9.17, 15) is 0 Å². The summed E-state index contributed by atoms with van der Waals surface area (Å²) >= 11 is 6.08. The van der Waals surface area contributed by atoms with Crippen molar-refractivity contribution in [1.29, 1.82) is 0 Å². The Bertz CT molecular complexity index is 600. The Kier molecular flexibility index (Phi) is 3.89. The summed E-state index contributed by atoms with van der Waals surface area (Å²) in [6.45, 7) is 3.69. The SMILES string of the molecule is CCC1COCc2nnc(COc3ccccc3Cl)n21. The maximum atomic E-state index is 6.08. The van der Waals surface area contributed by atoms with E-state index in [4.69, 9.17) is 21.1 Å². The number of halogens is 1. The van der Waals surface area contributed by atoms with Crippen LogP contribution in [0.5, 0.6) is 5.75 Å². The lowest BCUT2D eigenvalue weighted by molar-refractivity contribution is 0.0510. The average Bonchev–Trinajstić information content (AvgIpc) is 2.90. The van der Waals surface area contributed by atoms with Gasteiger partial charge in [-0.3, -0.25) is 0 Å². The third-order valence-electron chi connectivity index (χ3n) is 3.41. The van der Waals surface area contributed by atoms with Gasteiger partial charge in [0.05, 0.1) is 17.7 Å². The van der Waals surface area contributed by atoms with Crippen molar-refractivity contribution in [3.8, 4) is 5.75 Å². The molecule has 0 spiro atoms. The second-order valence-electron chi connectivity index (χ2n) is 4.70. The lowest BCUT2D eigenvalue weighted by atomic mass is 10.2. The predicted molar refractivity (Wildman–Crippen MR) is 74.8 cm³/mol. The Hall–Kier alpha value is -1.59. The zero-order chi connectivity index (χ0) is 13.9. The lowest BCUT2D eigenvalue weighted by Gasteiger charge is -2.25. The van der Waals surface area contributed by atoms with E-state index in [1.165, 1.54) is 0 Å². The molecule has 0 amide bonds. The molecule has 2 aromatic rings. The zero-order valence-electron chi connectivity index (χ0n) is 11.3. The number of benzene rings is 1. The van der Waals surface area contributed by atoms with Crippen LogP contribution >= 0.6 is 11.6 Å². The zero-order valence-corrected chi connectivity index (χ0v) is 12.0. The summed E-state index contributed by atoms with van der Waals surface area (Å²) in [4.78, 5) is 0. The minimum absolute atomic E-state index is 0.276. The minimum atomic E-state index is 0.276. The van der Waals surface area contributed by atoms with Gasteiger partial charge in [0.2, 0.25) is 0 Å². The molecule has 0 radical (unpaired) electrons. The molecule has 1 aromatic heterocycles. The molecule has 1 aromatic carbocycles. The van der Waals surface area contributed by atoms with E-state index < -0.39 is 0 Å². The van der Waals surface area contributed by atoms with E-state index in [0.717, 1.165) is 18.1 Å². The van der Waals surface area contributed by atoms with Gasteiger partial charge in [-0.2, -0.15) is 0 Å². The van der Waals surface area contributed by atoms with E-state index in [1.807, 2.05) is 18.2 Å². The molecule has 0 N–H and O–H groups in total. The molecule has 1 aliphatic rings. The van der Waals surface area contributed by atoms with Crippen LogP contribution < -0.4 is 4.74 Å². The fourth-order valence-electron chi connectivity index (χ4n) is 2.34. The van der Waals surface area contributed by atoms with Crippen molar-refractivity contribution in [3.05, 3.63) is 40.9 Å². The van der Waals surface area contributed by atoms with E-state index >= 15 is 0 Å². The first-order chi connectivity index (χ1) is 9.79. The molecular weight excluding hydrogens is 278 g/mol. The first-order valence-electron chi connectivity index (χ1n) is 6.67. The maximum absolute atomic E-state index is 6.08. The molecule has 20 heavy (non-hydrogen) atoms. The number of nitrogens with zero attached hydrogens (tertiary/aromatic N) is 3. The van der Waals surface area contributed by atoms with Crippen molar-refractivity contribution in [1.82, 2.24) is 14.8 Å². The maximum Gasteiger partial charge on any atom is 0.171 e. The first kappa shape index (κ1) is 13.4. The van der Waals surface area contributed by atoms with Gasteiger partial charge < -0.3 is 14.0 Å². The smallest absolute Gasteiger partial charge is 0.171 e. The molecular formula is C14H16ClN3O2. The Morgan fingerprint density at radius 1 is 1.40 bits per heavy atom. The highest BCUT2D eigenvalue weighted by molar-refractivity contribution is 6.32. The van der Waals surface area contributed by atoms with Crippen molar-refractivity contribution >= 4 is 11.6 Å². The Balaban J connectivity index is 1.79. The normalized spacial score (nSPS) is 17.8. The van der Waals surface area contributed by atoms with E-state index in [2.05, 4.69) is 21.7 Å². The molecule has 1 aliphatic heterocycles. The fourth-order valence-corrected chi connectivity index (χ4v) is 2.53. The van der Waals surface area contributed by atoms with Crippen LogP contribution in [-0.4, -0.2) is 21.4 Å². The standard InChI is InChI=1S/C14H16ClN3O2/c1-2-10-7-19-8-13-16-17-14(18(10)13)9-20-12-6-4-3-5-11(12)15/h3-6,10H,2,7-9H2,1H3. The summed E-state index contributed by atoms with van der Waals surface area (Å²) in [5.74, 6) is 2.34. The summed E-state index contributed by atoms with van der Waals surface area (Å²) in [5.41, 5.74) is 0. The number of fused-ring (bicyclic) bond motifs is 1. The molecule has 0 fully saturated rings. The quantitative estimate of drug-likeness (QED) is 0.869. The molecule has 1 unspecified atom stereocenters. The van der Waals surface area contributed by atoms with Gasteiger partial charge in [0, 0.05) is 0 Å². The minimum Gasteiger partial charge on any atom is -0.484 e. The summed E-state index contributed by atoms with van der Waals surface area (Å²) in [6.07, 6.45) is 0.976. The topological polar surface area (TPSA) is 49.2 Å². The van der Waals surface area contributed by atoms with Crippen LogP contribution in [0.15, 0.2) is 24.3 Å². The number of ether oxygens (including phenoxy) is 2. The fraction of sp³-hybridized carbons (Fsp3) is 0.429. The summed E-state index contributed by atoms with van der Waals surface area (Å²) in [5, 5.41) is 8.97. The van der Waals surface area contributed by atoms with Crippen LogP contribution in [-0.2, 0) is 18.0 Å². The number of hydrogen-bond acceptors (Lipinski definition) is 4. The van der Waals surface area contributed by atoms with Crippen molar-refractivity contribution in [2.45, 2.75) is 32.6 Å². The second kappa shape index (κ2) is 5.81. The third-order valence-corrected chi connectivity index (χ3v) is 3.72. The van der Waals surface area contributed by atoms with E-state index in [0.29, 0.717) is 30.6 Å². The van der Waals surface area contributed by atoms with Crippen LogP contribution in [0.4, 0.5) is 0 Å². The summed E-state index contributed by atoms with van der Waals surface area (Å²) < 4.78 is 13.4. The van der Waals surface area contributed by atoms with E-state index in [1.54, 1.807) is 6.07 Å². The van der Waals surface area contributed by atoms with Crippen molar-refractivity contribution in [2.75, 3.05) is 6.61 Å². The van der Waals surface area contributed by atoms with Gasteiger partial charge in [-0.25, -0.2) is 0 Å². The van der Waals surface area contributed by atoms with Crippen LogP contribution in [0.25, 0.3) is 0 Å². The summed E-state index contributed by atoms with van der Waals surface area (Å²) in [7, 11) is 0. The van der Waals surface area contributed by atoms with Crippen LogP contribution in [0, 0.1) is 0 Å². The second-order valence-corrected chi connectivity index (χ2v) is 5.11. The monoisotopic (exact) mass is 293 g/mol. The highest BCUT2D eigenvalue weighted by atomic mass is 35.5. The molecule has 106 valence electrons. The highest BCUT2D eigenvalue weighted by Crippen LogP contribution is 2.26. The van der Waals surface area contributed by atoms with Crippen LogP contribution in [0.1, 0.15) is 31.0 Å². The molecule has 0 aliphatic carbocycles. The molecule has 0 saturated carbocycles. The van der Waals surface area contributed by atoms with Crippen molar-refractivity contribution in [3.63, 3.8) is 0 Å². The Morgan fingerprint density at radius 2 is 2.25 bits per heavy atom. The Morgan fingerprint density at radius 3 is 3.05 bits per heavy atom. The molecule has 6 heteroatoms. The van der Waals surface area contributed by atoms with Gasteiger partial charge in [-0.1, -0.05) is 30.7 Å². The molecule has 0 bridgehead atoms. The number of aromatic nitrogens is 3. The predicted octanol–water partition coefficient (Wildman–Crippen LogP) is 2.99. The van der Waals surface area contributed by atoms with Crippen LogP contribution in [0.2, 0.25) is 5.02 Å². The first-order valence-corrected chi connectivity index (χ1v) is 7.05. The van der Waals surface area contributed by atoms with Crippen LogP contribution in [0.3, 0.4) is 0 Å². The van der Waals surface area contributed by atoms with Crippen molar-refractivity contribution < 1.29 is 9.47 Å². The lowest BCUT2D eigenvalue weighted by Crippen LogP contribution is -2.25. The van der Waals surface area contributed by atoms with Gasteiger partial charge in [0.15, 0.2) is 11.6 Å². The average molecular weight is 294 g/mol. The molecule has 1 atom stereocenters. The number of para-hydroxylation sites is 1. The largest absolute Gasteiger partial charge is 0.484 e. The van der Waals surface area contributed by atoms with E-state index in [-0.39, 0.29) is 6.04 Å². The van der Waals surface area contributed by atoms with Gasteiger partial charge in [0.25, 0.3) is 0 Å². The number of rotatable bonds is 4. The summed E-state index contributed by atoms with van der Waals surface area (Å²) in [6, 6.07) is 7.69. The Labute approximate surface area is 122 Å². The molecule has 5 nitrogen and oxygen atoms in total. The molecule has 0 saturated heterocycles. The molecule has 3 rings (SSSR count). The van der Waals surface area contributed by atoms with Gasteiger partial charge in [-0.05, 0) is 18.6 Å². The highest BCUT2D eigenvalue weighted by Gasteiger charge is 2.24. The van der Waals surface area contributed by atoms with Crippen molar-refractivity contribution in [2.24, 2.45) is 0 Å².